The Morgan fingerprint density at radius 3 is 2.62 bits per heavy atom. The molecule has 2 rings (SSSR count). The fraction of sp³-hybridized carbons (Fsp3) is 0.538. The van der Waals surface area contributed by atoms with Gasteiger partial charge in [-0.15, -0.1) is 0 Å². The van der Waals surface area contributed by atoms with Gasteiger partial charge in [0.2, 0.25) is 0 Å². The number of hydrogen-bond donors (Lipinski definition) is 0. The van der Waals surface area contributed by atoms with Crippen molar-refractivity contribution in [1.82, 2.24) is 9.80 Å². The number of likely N-dealkylation sites (N-methyl/N-ethyl adjacent to an activating group) is 1. The minimum absolute atomic E-state index is 1.16. The van der Waals surface area contributed by atoms with E-state index in [-0.39, 0.29) is 0 Å². The van der Waals surface area contributed by atoms with Gasteiger partial charge < -0.3 is 9.80 Å². The van der Waals surface area contributed by atoms with Crippen LogP contribution in [-0.2, 0) is 6.42 Å². The Balaban J connectivity index is 1.79. The maximum absolute atomic E-state index is 3.52. The zero-order chi connectivity index (χ0) is 11.4. The molecule has 0 radical (unpaired) electrons. The average molecular weight is 283 g/mol. The van der Waals surface area contributed by atoms with Crippen LogP contribution in [-0.4, -0.2) is 49.6 Å². The Hall–Kier alpha value is -0.380. The maximum Gasteiger partial charge on any atom is 0.0178 e. The Morgan fingerprint density at radius 1 is 1.19 bits per heavy atom. The molecule has 0 unspecified atom stereocenters. The second kappa shape index (κ2) is 5.80. The predicted molar refractivity (Wildman–Crippen MR) is 71.8 cm³/mol. The molecule has 2 nitrogen and oxygen atoms in total. The molecule has 1 aromatic rings. The van der Waals surface area contributed by atoms with Crippen LogP contribution in [0.5, 0.6) is 0 Å². The van der Waals surface area contributed by atoms with Crippen LogP contribution in [0.15, 0.2) is 28.7 Å². The van der Waals surface area contributed by atoms with E-state index in [1.807, 2.05) is 0 Å². The third kappa shape index (κ3) is 3.58. The van der Waals surface area contributed by atoms with Crippen molar-refractivity contribution in [1.29, 1.82) is 0 Å². The van der Waals surface area contributed by atoms with Gasteiger partial charge in [-0.05, 0) is 31.2 Å². The number of piperazine rings is 1. The van der Waals surface area contributed by atoms with Gasteiger partial charge in [0.05, 0.1) is 0 Å². The first kappa shape index (κ1) is 12.1. The normalized spacial score (nSPS) is 18.9. The van der Waals surface area contributed by atoms with E-state index in [1.54, 1.807) is 0 Å². The van der Waals surface area contributed by atoms with Crippen LogP contribution >= 0.6 is 15.9 Å². The van der Waals surface area contributed by atoms with Crippen LogP contribution < -0.4 is 0 Å². The van der Waals surface area contributed by atoms with Crippen LogP contribution in [0.1, 0.15) is 5.56 Å². The lowest BCUT2D eigenvalue weighted by Gasteiger charge is -2.32. The van der Waals surface area contributed by atoms with E-state index in [0.717, 1.165) is 6.42 Å². The highest BCUT2D eigenvalue weighted by Crippen LogP contribution is 2.12. The molecule has 0 spiro atoms. The fourth-order valence-corrected chi connectivity index (χ4v) is 2.50. The lowest BCUT2D eigenvalue weighted by atomic mass is 10.1. The molecule has 0 aromatic heterocycles. The standard InChI is InChI=1S/C13H19BrN2/c1-15-7-9-16(10-8-15)6-5-12-3-2-4-13(14)11-12/h2-4,11H,5-10H2,1H3. The van der Waals surface area contributed by atoms with Gasteiger partial charge >= 0.3 is 0 Å². The molecule has 88 valence electrons. The van der Waals surface area contributed by atoms with Crippen molar-refractivity contribution in [3.63, 3.8) is 0 Å². The number of rotatable bonds is 3. The maximum atomic E-state index is 3.52. The van der Waals surface area contributed by atoms with Gasteiger partial charge in [-0.1, -0.05) is 28.1 Å². The van der Waals surface area contributed by atoms with Crippen LogP contribution in [0.2, 0.25) is 0 Å². The van der Waals surface area contributed by atoms with Gasteiger partial charge in [-0.2, -0.15) is 0 Å². The first-order valence-electron chi connectivity index (χ1n) is 5.89. The zero-order valence-electron chi connectivity index (χ0n) is 9.82. The molecule has 16 heavy (non-hydrogen) atoms. The van der Waals surface area contributed by atoms with Crippen molar-refractivity contribution in [2.24, 2.45) is 0 Å². The quantitative estimate of drug-likeness (QED) is 0.839. The van der Waals surface area contributed by atoms with Gasteiger partial charge in [0.25, 0.3) is 0 Å². The van der Waals surface area contributed by atoms with Gasteiger partial charge in [-0.25, -0.2) is 0 Å². The molecule has 0 aliphatic carbocycles. The predicted octanol–water partition coefficient (Wildman–Crippen LogP) is 2.24. The minimum Gasteiger partial charge on any atom is -0.304 e. The van der Waals surface area contributed by atoms with Crippen LogP contribution in [0, 0.1) is 0 Å². The first-order chi connectivity index (χ1) is 7.74. The molecular formula is C13H19BrN2. The molecule has 1 aliphatic rings. The molecule has 0 amide bonds. The summed E-state index contributed by atoms with van der Waals surface area (Å²) in [6.07, 6.45) is 1.16. The first-order valence-corrected chi connectivity index (χ1v) is 6.69. The van der Waals surface area contributed by atoms with E-state index in [9.17, 15) is 0 Å². The second-order valence-electron chi connectivity index (χ2n) is 4.52. The van der Waals surface area contributed by atoms with E-state index in [2.05, 4.69) is 57.0 Å². The van der Waals surface area contributed by atoms with E-state index in [0.29, 0.717) is 0 Å². The Labute approximate surface area is 106 Å². The van der Waals surface area contributed by atoms with E-state index in [1.165, 1.54) is 42.8 Å². The highest BCUT2D eigenvalue weighted by molar-refractivity contribution is 9.10. The smallest absolute Gasteiger partial charge is 0.0178 e. The summed E-state index contributed by atoms with van der Waals surface area (Å²) >= 11 is 3.52. The lowest BCUT2D eigenvalue weighted by Crippen LogP contribution is -2.45. The fourth-order valence-electron chi connectivity index (χ4n) is 2.05. The summed E-state index contributed by atoms with van der Waals surface area (Å²) in [5.41, 5.74) is 1.42. The van der Waals surface area contributed by atoms with Gasteiger partial charge in [0, 0.05) is 37.2 Å². The molecule has 0 saturated carbocycles. The Morgan fingerprint density at radius 2 is 1.94 bits per heavy atom. The van der Waals surface area contributed by atoms with Gasteiger partial charge in [0.1, 0.15) is 0 Å². The average Bonchev–Trinajstić information content (AvgIpc) is 2.28. The molecule has 1 saturated heterocycles. The van der Waals surface area contributed by atoms with Crippen molar-refractivity contribution in [2.45, 2.75) is 6.42 Å². The van der Waals surface area contributed by atoms with Crippen molar-refractivity contribution in [2.75, 3.05) is 39.8 Å². The SMILES string of the molecule is CN1CCN(CCc2cccc(Br)c2)CC1. The van der Waals surface area contributed by atoms with Crippen LogP contribution in [0.4, 0.5) is 0 Å². The second-order valence-corrected chi connectivity index (χ2v) is 5.44. The number of hydrogen-bond acceptors (Lipinski definition) is 2. The summed E-state index contributed by atoms with van der Waals surface area (Å²) in [7, 11) is 2.20. The van der Waals surface area contributed by atoms with Gasteiger partial charge in [0.15, 0.2) is 0 Å². The van der Waals surface area contributed by atoms with Crippen molar-refractivity contribution < 1.29 is 0 Å². The van der Waals surface area contributed by atoms with E-state index >= 15 is 0 Å². The number of benzene rings is 1. The van der Waals surface area contributed by atoms with Crippen molar-refractivity contribution in [3.05, 3.63) is 34.3 Å². The summed E-state index contributed by atoms with van der Waals surface area (Å²) in [5.74, 6) is 0. The molecule has 1 aromatic carbocycles. The van der Waals surface area contributed by atoms with Crippen LogP contribution in [0.25, 0.3) is 0 Å². The number of nitrogens with zero attached hydrogens (tertiary/aromatic N) is 2. The van der Waals surface area contributed by atoms with Crippen molar-refractivity contribution >= 4 is 15.9 Å². The molecule has 3 heteroatoms. The number of halogens is 1. The lowest BCUT2D eigenvalue weighted by molar-refractivity contribution is 0.155. The molecule has 1 heterocycles. The molecule has 0 N–H and O–H groups in total. The summed E-state index contributed by atoms with van der Waals surface area (Å²) in [6, 6.07) is 8.62. The Bertz CT molecular complexity index is 332. The summed E-state index contributed by atoms with van der Waals surface area (Å²) < 4.78 is 1.18. The summed E-state index contributed by atoms with van der Waals surface area (Å²) in [5, 5.41) is 0. The minimum atomic E-state index is 1.16. The molecule has 0 bridgehead atoms. The van der Waals surface area contributed by atoms with E-state index < -0.39 is 0 Å². The molecule has 0 atom stereocenters. The molecule has 1 fully saturated rings. The van der Waals surface area contributed by atoms with E-state index in [4.69, 9.17) is 0 Å². The monoisotopic (exact) mass is 282 g/mol. The molecule has 1 aliphatic heterocycles. The van der Waals surface area contributed by atoms with Gasteiger partial charge in [-0.3, -0.25) is 0 Å². The largest absolute Gasteiger partial charge is 0.304 e. The van der Waals surface area contributed by atoms with Crippen LogP contribution in [0.3, 0.4) is 0 Å². The third-order valence-corrected chi connectivity index (χ3v) is 3.69. The zero-order valence-corrected chi connectivity index (χ0v) is 11.4. The summed E-state index contributed by atoms with van der Waals surface area (Å²) in [4.78, 5) is 4.95. The Kier molecular flexibility index (Phi) is 4.38. The molecular weight excluding hydrogens is 264 g/mol. The topological polar surface area (TPSA) is 6.48 Å². The highest BCUT2D eigenvalue weighted by Gasteiger charge is 2.12. The third-order valence-electron chi connectivity index (χ3n) is 3.20. The summed E-state index contributed by atoms with van der Waals surface area (Å²) in [6.45, 7) is 6.02. The highest BCUT2D eigenvalue weighted by atomic mass is 79.9. The van der Waals surface area contributed by atoms with Crippen molar-refractivity contribution in [3.8, 4) is 0 Å².